The van der Waals surface area contributed by atoms with E-state index in [0.717, 1.165) is 25.0 Å². The maximum Gasteiger partial charge on any atom is 0.327 e. The molecule has 4 nitrogen and oxygen atoms in total. The molecule has 16 heavy (non-hydrogen) atoms. The molecule has 2 atom stereocenters. The molecule has 2 N–H and O–H groups in total. The molecule has 2 unspecified atom stereocenters. The van der Waals surface area contributed by atoms with Crippen LogP contribution in [0.3, 0.4) is 0 Å². The number of amides is 1. The van der Waals surface area contributed by atoms with Crippen LogP contribution in [0.2, 0.25) is 0 Å². The van der Waals surface area contributed by atoms with Crippen molar-refractivity contribution in [3.8, 4) is 0 Å². The van der Waals surface area contributed by atoms with Gasteiger partial charge in [-0.1, -0.05) is 6.42 Å². The van der Waals surface area contributed by atoms with Gasteiger partial charge in [0.05, 0.1) is 0 Å². The molecular formula is C10H17NO3S2. The zero-order valence-corrected chi connectivity index (χ0v) is 10.7. The van der Waals surface area contributed by atoms with Crippen LogP contribution in [0.1, 0.15) is 19.3 Å². The second-order valence-electron chi connectivity index (χ2n) is 3.85. The summed E-state index contributed by atoms with van der Waals surface area (Å²) in [4.78, 5) is 22.7. The van der Waals surface area contributed by atoms with Crippen molar-refractivity contribution in [1.82, 2.24) is 5.32 Å². The largest absolute Gasteiger partial charge is 0.480 e. The Morgan fingerprint density at radius 3 is 2.94 bits per heavy atom. The van der Waals surface area contributed by atoms with Crippen LogP contribution in [0.15, 0.2) is 0 Å². The fourth-order valence-corrected chi connectivity index (χ4v) is 2.95. The van der Waals surface area contributed by atoms with Crippen LogP contribution >= 0.6 is 24.4 Å². The van der Waals surface area contributed by atoms with Gasteiger partial charge in [0.1, 0.15) is 6.04 Å². The highest BCUT2D eigenvalue weighted by molar-refractivity contribution is 7.99. The van der Waals surface area contributed by atoms with Gasteiger partial charge in [-0.2, -0.15) is 24.4 Å². The predicted molar refractivity (Wildman–Crippen MR) is 68.1 cm³/mol. The zero-order chi connectivity index (χ0) is 12.0. The van der Waals surface area contributed by atoms with Gasteiger partial charge in [0.25, 0.3) is 0 Å². The molecule has 0 aromatic heterocycles. The highest BCUT2D eigenvalue weighted by atomic mass is 32.2. The lowest BCUT2D eigenvalue weighted by molar-refractivity contribution is -0.141. The van der Waals surface area contributed by atoms with Crippen LogP contribution in [0.5, 0.6) is 0 Å². The number of rotatable bonds is 2. The number of nitrogens with one attached hydrogen (secondary N) is 1. The molecule has 1 heterocycles. The van der Waals surface area contributed by atoms with E-state index in [9.17, 15) is 9.59 Å². The van der Waals surface area contributed by atoms with Crippen LogP contribution in [-0.4, -0.2) is 40.3 Å². The maximum atomic E-state index is 11.7. The second kappa shape index (κ2) is 7.06. The number of aliphatic carboxylic acids is 1. The summed E-state index contributed by atoms with van der Waals surface area (Å²) in [5.74, 6) is 0.586. The van der Waals surface area contributed by atoms with E-state index in [2.05, 4.69) is 17.9 Å². The molecule has 92 valence electrons. The van der Waals surface area contributed by atoms with Crippen molar-refractivity contribution in [2.45, 2.75) is 25.3 Å². The van der Waals surface area contributed by atoms with Gasteiger partial charge in [0.15, 0.2) is 0 Å². The fourth-order valence-electron chi connectivity index (χ4n) is 1.57. The van der Waals surface area contributed by atoms with E-state index in [1.807, 2.05) is 0 Å². The zero-order valence-electron chi connectivity index (χ0n) is 9.02. The van der Waals surface area contributed by atoms with Crippen LogP contribution in [0.4, 0.5) is 0 Å². The molecule has 1 saturated heterocycles. The molecule has 1 rings (SSSR count). The standard InChI is InChI=1S/C10H17NO3S2/c12-9-7(5-15)3-1-2-4-16-6-8(11-9)10(13)14/h7-8,15H,1-6H2,(H,11,12)(H,13,14). The topological polar surface area (TPSA) is 66.4 Å². The summed E-state index contributed by atoms with van der Waals surface area (Å²) in [6, 6.07) is -0.766. The number of carboxylic acids is 1. The maximum absolute atomic E-state index is 11.7. The number of hydrogen-bond acceptors (Lipinski definition) is 4. The Balaban J connectivity index is 2.63. The molecule has 1 aliphatic heterocycles. The summed E-state index contributed by atoms with van der Waals surface area (Å²) in [7, 11) is 0. The summed E-state index contributed by atoms with van der Waals surface area (Å²) in [6.07, 6.45) is 2.83. The minimum atomic E-state index is -0.959. The molecule has 0 aromatic carbocycles. The van der Waals surface area contributed by atoms with E-state index in [1.54, 1.807) is 11.8 Å². The van der Waals surface area contributed by atoms with E-state index in [0.29, 0.717) is 11.5 Å². The minimum Gasteiger partial charge on any atom is -0.480 e. The Hall–Kier alpha value is -0.360. The van der Waals surface area contributed by atoms with Crippen LogP contribution in [0.25, 0.3) is 0 Å². The first-order valence-corrected chi connectivity index (χ1v) is 7.15. The predicted octanol–water partition coefficient (Wildman–Crippen LogP) is 1.02. The third kappa shape index (κ3) is 4.25. The van der Waals surface area contributed by atoms with Gasteiger partial charge in [-0.15, -0.1) is 0 Å². The lowest BCUT2D eigenvalue weighted by Gasteiger charge is -2.20. The molecule has 0 saturated carbocycles. The second-order valence-corrected chi connectivity index (χ2v) is 5.36. The Bertz CT molecular complexity index is 260. The van der Waals surface area contributed by atoms with Crippen molar-refractivity contribution >= 4 is 36.3 Å². The number of thioether (sulfide) groups is 1. The van der Waals surface area contributed by atoms with Crippen molar-refractivity contribution in [3.63, 3.8) is 0 Å². The van der Waals surface area contributed by atoms with Crippen LogP contribution in [0, 0.1) is 5.92 Å². The minimum absolute atomic E-state index is 0.159. The van der Waals surface area contributed by atoms with Crippen LogP contribution < -0.4 is 5.32 Å². The van der Waals surface area contributed by atoms with Crippen molar-refractivity contribution in [1.29, 1.82) is 0 Å². The quantitative estimate of drug-likeness (QED) is 0.651. The number of carbonyl (C=O) groups is 2. The van der Waals surface area contributed by atoms with Crippen molar-refractivity contribution in [2.24, 2.45) is 5.92 Å². The van der Waals surface area contributed by atoms with Crippen molar-refractivity contribution in [3.05, 3.63) is 0 Å². The van der Waals surface area contributed by atoms with Gasteiger partial charge in [0.2, 0.25) is 5.91 Å². The molecule has 0 bridgehead atoms. The van der Waals surface area contributed by atoms with E-state index in [-0.39, 0.29) is 11.8 Å². The summed E-state index contributed by atoms with van der Waals surface area (Å²) >= 11 is 5.72. The van der Waals surface area contributed by atoms with Gasteiger partial charge in [-0.25, -0.2) is 4.79 Å². The van der Waals surface area contributed by atoms with E-state index >= 15 is 0 Å². The average molecular weight is 263 g/mol. The van der Waals surface area contributed by atoms with E-state index in [4.69, 9.17) is 5.11 Å². The van der Waals surface area contributed by atoms with E-state index in [1.165, 1.54) is 0 Å². The van der Waals surface area contributed by atoms with Gasteiger partial charge < -0.3 is 10.4 Å². The van der Waals surface area contributed by atoms with Crippen LogP contribution in [-0.2, 0) is 9.59 Å². The normalized spacial score (nSPS) is 28.2. The molecule has 6 heteroatoms. The number of carboxylic acid groups (broad SMARTS) is 1. The van der Waals surface area contributed by atoms with Crippen molar-refractivity contribution in [2.75, 3.05) is 17.3 Å². The lowest BCUT2D eigenvalue weighted by Crippen LogP contribution is -2.46. The summed E-state index contributed by atoms with van der Waals surface area (Å²) in [5, 5.41) is 11.5. The molecule has 0 aliphatic carbocycles. The third-order valence-corrected chi connectivity index (χ3v) is 4.17. The first-order chi connectivity index (χ1) is 7.65. The van der Waals surface area contributed by atoms with E-state index < -0.39 is 12.0 Å². The van der Waals surface area contributed by atoms with Gasteiger partial charge in [0, 0.05) is 17.4 Å². The smallest absolute Gasteiger partial charge is 0.327 e. The molecule has 1 aliphatic rings. The lowest BCUT2D eigenvalue weighted by atomic mass is 10.0. The fraction of sp³-hybridized carbons (Fsp3) is 0.800. The third-order valence-electron chi connectivity index (χ3n) is 2.58. The number of carbonyl (C=O) groups excluding carboxylic acids is 1. The SMILES string of the molecule is O=C1NC(C(=O)O)CSCCCCC1CS. The molecular weight excluding hydrogens is 246 g/mol. The highest BCUT2D eigenvalue weighted by Gasteiger charge is 2.25. The number of thiol groups is 1. The Labute approximate surface area is 105 Å². The Morgan fingerprint density at radius 1 is 1.56 bits per heavy atom. The Morgan fingerprint density at radius 2 is 2.31 bits per heavy atom. The molecule has 1 fully saturated rings. The molecule has 0 aromatic rings. The van der Waals surface area contributed by atoms with Gasteiger partial charge >= 0.3 is 5.97 Å². The molecule has 0 spiro atoms. The monoisotopic (exact) mass is 263 g/mol. The van der Waals surface area contributed by atoms with Gasteiger partial charge in [-0.3, -0.25) is 4.79 Å². The summed E-state index contributed by atoms with van der Waals surface area (Å²) in [6.45, 7) is 0. The number of hydrogen-bond donors (Lipinski definition) is 3. The summed E-state index contributed by atoms with van der Waals surface area (Å²) < 4.78 is 0. The first-order valence-electron chi connectivity index (χ1n) is 5.37. The Kier molecular flexibility index (Phi) is 6.05. The highest BCUT2D eigenvalue weighted by Crippen LogP contribution is 2.16. The van der Waals surface area contributed by atoms with Crippen molar-refractivity contribution < 1.29 is 14.7 Å². The summed E-state index contributed by atoms with van der Waals surface area (Å²) in [5.41, 5.74) is 0. The molecule has 1 amide bonds. The average Bonchev–Trinajstić information content (AvgIpc) is 2.26. The van der Waals surface area contributed by atoms with Gasteiger partial charge in [-0.05, 0) is 18.6 Å². The molecule has 0 radical (unpaired) electrons. The first kappa shape index (κ1) is 13.7.